The lowest BCUT2D eigenvalue weighted by Crippen LogP contribution is -2.63. The number of amides is 2. The number of nitrogens with two attached hydrogens (primary N) is 1. The van der Waals surface area contributed by atoms with Crippen molar-refractivity contribution in [2.24, 2.45) is 0 Å². The van der Waals surface area contributed by atoms with Crippen LogP contribution in [0.3, 0.4) is 0 Å². The van der Waals surface area contributed by atoms with E-state index in [-0.39, 0.29) is 35.6 Å². The molecule has 1 saturated carbocycles. The molecule has 0 bridgehead atoms. The van der Waals surface area contributed by atoms with Gasteiger partial charge in [-0.3, -0.25) is 19.3 Å². The number of carbonyl (C=O) groups excluding carboxylic acids is 3. The number of hydrogen-bond donors (Lipinski definition) is 4. The van der Waals surface area contributed by atoms with Crippen LogP contribution in [0.2, 0.25) is 0 Å². The van der Waals surface area contributed by atoms with Gasteiger partial charge in [-0.1, -0.05) is 12.1 Å². The lowest BCUT2D eigenvalue weighted by molar-refractivity contribution is -0.137. The van der Waals surface area contributed by atoms with Gasteiger partial charge in [0.1, 0.15) is 0 Å². The summed E-state index contributed by atoms with van der Waals surface area (Å²) < 4.78 is 43.3. The second-order valence-corrected chi connectivity index (χ2v) is 9.71. The molecule has 12 heteroatoms. The molecule has 4 rings (SSSR count). The Bertz CT molecular complexity index is 1190. The van der Waals surface area contributed by atoms with Crippen molar-refractivity contribution in [3.63, 3.8) is 0 Å². The van der Waals surface area contributed by atoms with E-state index in [9.17, 15) is 32.7 Å². The second kappa shape index (κ2) is 11.0. The Kier molecular flexibility index (Phi) is 7.93. The zero-order chi connectivity index (χ0) is 27.5. The third-order valence-electron chi connectivity index (χ3n) is 7.16. The van der Waals surface area contributed by atoms with Gasteiger partial charge in [0.15, 0.2) is 5.75 Å². The van der Waals surface area contributed by atoms with Crippen molar-refractivity contribution in [3.05, 3.63) is 59.2 Å². The summed E-state index contributed by atoms with van der Waals surface area (Å²) in [6.07, 6.45) is -2.01. The summed E-state index contributed by atoms with van der Waals surface area (Å²) in [5.41, 5.74) is 4.74. The maximum atomic E-state index is 12.8. The number of halogens is 3. The first-order valence-corrected chi connectivity index (χ1v) is 12.2. The molecule has 2 aromatic carbocycles. The zero-order valence-corrected chi connectivity index (χ0v) is 20.5. The van der Waals surface area contributed by atoms with Crippen LogP contribution in [0.1, 0.15) is 47.2 Å². The van der Waals surface area contributed by atoms with Crippen LogP contribution in [0.25, 0.3) is 0 Å². The van der Waals surface area contributed by atoms with E-state index in [1.807, 2.05) is 0 Å². The summed E-state index contributed by atoms with van der Waals surface area (Å²) in [6.45, 7) is 1.20. The number of likely N-dealkylation sites (tertiary alicyclic amines) is 1. The molecule has 1 aliphatic carbocycles. The second-order valence-electron chi connectivity index (χ2n) is 9.71. The van der Waals surface area contributed by atoms with Crippen LogP contribution in [0.5, 0.6) is 5.75 Å². The quantitative estimate of drug-likeness (QED) is 0.301. The molecule has 0 radical (unpaired) electrons. The predicted octanol–water partition coefficient (Wildman–Crippen LogP) is 2.18. The first-order chi connectivity index (χ1) is 18.0. The maximum absolute atomic E-state index is 12.8. The van der Waals surface area contributed by atoms with Crippen LogP contribution >= 0.6 is 0 Å². The van der Waals surface area contributed by atoms with Crippen molar-refractivity contribution >= 4 is 24.0 Å². The van der Waals surface area contributed by atoms with E-state index < -0.39 is 29.2 Å². The Morgan fingerprint density at radius 1 is 1.16 bits per heavy atom. The summed E-state index contributed by atoms with van der Waals surface area (Å²) in [5.74, 6) is -0.943. The van der Waals surface area contributed by atoms with Crippen LogP contribution in [-0.2, 0) is 21.4 Å². The Morgan fingerprint density at radius 3 is 2.50 bits per heavy atom. The lowest BCUT2D eigenvalue weighted by atomic mass is 9.76. The minimum Gasteiger partial charge on any atom is -0.427 e. The van der Waals surface area contributed by atoms with E-state index in [1.165, 1.54) is 6.07 Å². The van der Waals surface area contributed by atoms with Crippen molar-refractivity contribution in [3.8, 4) is 5.75 Å². The van der Waals surface area contributed by atoms with Gasteiger partial charge < -0.3 is 26.2 Å². The smallest absolute Gasteiger partial charge is 0.416 e. The van der Waals surface area contributed by atoms with Crippen LogP contribution in [-0.4, -0.2) is 60.0 Å². The van der Waals surface area contributed by atoms with Crippen molar-refractivity contribution in [2.45, 2.75) is 49.5 Å². The van der Waals surface area contributed by atoms with Gasteiger partial charge in [0, 0.05) is 24.7 Å². The summed E-state index contributed by atoms with van der Waals surface area (Å²) in [4.78, 5) is 37.2. The Balaban J connectivity index is 1.19. The minimum atomic E-state index is -4.56. The number of carbonyl (C=O) groups is 3. The average molecular weight is 535 g/mol. The minimum absolute atomic E-state index is 0.0982. The van der Waals surface area contributed by atoms with Crippen LogP contribution < -0.4 is 21.1 Å². The van der Waals surface area contributed by atoms with Gasteiger partial charge in [-0.25, -0.2) is 0 Å². The fourth-order valence-corrected chi connectivity index (χ4v) is 5.01. The molecule has 0 atom stereocenters. The molecule has 2 amide bonds. The molecule has 0 spiro atoms. The molecule has 1 aliphatic heterocycles. The van der Waals surface area contributed by atoms with E-state index in [4.69, 9.17) is 10.5 Å². The molecule has 2 aliphatic rings. The molecule has 1 heterocycles. The summed E-state index contributed by atoms with van der Waals surface area (Å²) >= 11 is 0. The molecule has 2 fully saturated rings. The van der Waals surface area contributed by atoms with E-state index in [2.05, 4.69) is 15.5 Å². The maximum Gasteiger partial charge on any atom is 0.416 e. The van der Waals surface area contributed by atoms with Gasteiger partial charge in [-0.2, -0.15) is 13.2 Å². The molecule has 0 unspecified atom stereocenters. The number of rotatable bonds is 8. The highest BCUT2D eigenvalue weighted by Crippen LogP contribution is 2.41. The van der Waals surface area contributed by atoms with E-state index in [1.54, 1.807) is 18.2 Å². The molecular formula is C26H29F3N4O5. The summed E-state index contributed by atoms with van der Waals surface area (Å²) in [7, 11) is 0. The van der Waals surface area contributed by atoms with Gasteiger partial charge in [0.05, 0.1) is 29.4 Å². The molecular weight excluding hydrogens is 505 g/mol. The van der Waals surface area contributed by atoms with Gasteiger partial charge in [-0.05, 0) is 61.6 Å². The number of aliphatic hydroxyl groups is 1. The zero-order valence-electron chi connectivity index (χ0n) is 20.5. The number of benzene rings is 2. The summed E-state index contributed by atoms with van der Waals surface area (Å²) in [6, 6.07) is 9.06. The van der Waals surface area contributed by atoms with Crippen molar-refractivity contribution in [1.29, 1.82) is 0 Å². The predicted molar refractivity (Wildman–Crippen MR) is 131 cm³/mol. The van der Waals surface area contributed by atoms with Gasteiger partial charge in [0.2, 0.25) is 5.91 Å². The number of nitrogen functional groups attached to an aromatic ring is 1. The molecule has 0 aromatic heterocycles. The van der Waals surface area contributed by atoms with Crippen LogP contribution in [0.15, 0.2) is 42.5 Å². The average Bonchev–Trinajstić information content (AvgIpc) is 2.86. The number of hydrogen-bond acceptors (Lipinski definition) is 7. The molecule has 38 heavy (non-hydrogen) atoms. The highest BCUT2D eigenvalue weighted by atomic mass is 19.4. The topological polar surface area (TPSA) is 134 Å². The summed E-state index contributed by atoms with van der Waals surface area (Å²) in [5, 5.41) is 16.3. The number of anilines is 1. The third kappa shape index (κ3) is 6.25. The molecule has 9 nitrogen and oxygen atoms in total. The Hall–Kier alpha value is -3.64. The third-order valence-corrected chi connectivity index (χ3v) is 7.16. The van der Waals surface area contributed by atoms with E-state index in [0.29, 0.717) is 38.0 Å². The van der Waals surface area contributed by atoms with Crippen LogP contribution in [0, 0.1) is 0 Å². The van der Waals surface area contributed by atoms with Crippen molar-refractivity contribution < 1.29 is 37.4 Å². The Labute approximate surface area is 217 Å². The van der Waals surface area contributed by atoms with Gasteiger partial charge in [0.25, 0.3) is 12.4 Å². The largest absolute Gasteiger partial charge is 0.427 e. The fourth-order valence-electron chi connectivity index (χ4n) is 5.01. The van der Waals surface area contributed by atoms with Gasteiger partial charge in [-0.15, -0.1) is 0 Å². The fraction of sp³-hybridized carbons (Fsp3) is 0.423. The lowest BCUT2D eigenvalue weighted by Gasteiger charge is -2.48. The number of nitrogens with zero attached hydrogens (tertiary/aromatic N) is 1. The van der Waals surface area contributed by atoms with Crippen LogP contribution in [0.4, 0.5) is 18.9 Å². The molecule has 1 saturated heterocycles. The number of nitrogens with one attached hydrogen (secondary N) is 2. The first-order valence-electron chi connectivity index (χ1n) is 12.2. The monoisotopic (exact) mass is 534 g/mol. The van der Waals surface area contributed by atoms with E-state index >= 15 is 0 Å². The number of alkyl halides is 3. The molecule has 5 N–H and O–H groups in total. The molecule has 2 aromatic rings. The van der Waals surface area contributed by atoms with Gasteiger partial charge >= 0.3 is 6.18 Å². The SMILES string of the molecule is Nc1cc(C2(O)CCC(N3CC(NC(=O)CNC(=O)c4cccc(C(F)(F)F)c4)C3)CC2)ccc1OC=O. The highest BCUT2D eigenvalue weighted by molar-refractivity contribution is 5.96. The van der Waals surface area contributed by atoms with Crippen molar-refractivity contribution in [2.75, 3.05) is 25.4 Å². The Morgan fingerprint density at radius 2 is 1.87 bits per heavy atom. The normalized spacial score (nSPS) is 22.3. The number of ether oxygens (including phenoxy) is 1. The van der Waals surface area contributed by atoms with Crippen molar-refractivity contribution in [1.82, 2.24) is 15.5 Å². The standard InChI is InChI=1S/C26H29F3N4O5/c27-26(28,29)18-3-1-2-16(10-18)24(36)31-12-23(35)32-19-13-33(14-19)20-6-8-25(37,9-7-20)17-4-5-22(38-15-34)21(30)11-17/h1-5,10-11,15,19-20,37H,6-9,12-14,30H2,(H,31,36)(H,32,35). The highest BCUT2D eigenvalue weighted by Gasteiger charge is 2.40. The van der Waals surface area contributed by atoms with E-state index in [0.717, 1.165) is 31.0 Å². The molecule has 204 valence electrons. The first kappa shape index (κ1) is 27.4.